The molecule has 1 atom stereocenters. The van der Waals surface area contributed by atoms with E-state index in [-0.39, 0.29) is 4.90 Å². The maximum Gasteiger partial charge on any atom is 0.233 e. The highest BCUT2D eigenvalue weighted by Gasteiger charge is 2.59. The van der Waals surface area contributed by atoms with E-state index in [4.69, 9.17) is 10.5 Å². The Hall–Kier alpha value is -3.10. The summed E-state index contributed by atoms with van der Waals surface area (Å²) in [5, 5.41) is 0. The van der Waals surface area contributed by atoms with Crippen molar-refractivity contribution in [3.63, 3.8) is 0 Å². The van der Waals surface area contributed by atoms with Gasteiger partial charge in [0.1, 0.15) is 5.75 Å². The number of nitrogens with two attached hydrogens (primary N) is 1. The summed E-state index contributed by atoms with van der Waals surface area (Å²) in [5.74, 6) is -1.58. The molecule has 0 aromatic heterocycles. The third kappa shape index (κ3) is 4.25. The number of fused-ring (bicyclic) bond motifs is 3. The molecule has 2 aromatic carbocycles. The Bertz CT molecular complexity index is 1310. The van der Waals surface area contributed by atoms with Crippen LogP contribution in [-0.2, 0) is 24.8 Å². The molecule has 0 saturated carbocycles. The van der Waals surface area contributed by atoms with Gasteiger partial charge in [-0.05, 0) is 54.0 Å². The second-order valence-electron chi connectivity index (χ2n) is 9.89. The fraction of sp³-hybridized carbons (Fsp3) is 0.370. The molecule has 4 rings (SSSR count). The standard InChI is InChI=1S/C27H33N3O4S/c1-19-16-22(35(32,33)18-24(28)31)17-23-25(19)30-14-15-34-27(30,26(23,2)3)13-7-6-8-20-9-11-21(12-10-20)29(4)5/h6-13,16-17H,14-15,18H2,1-5H3,(H2,28,31). The van der Waals surface area contributed by atoms with Gasteiger partial charge in [0.25, 0.3) is 0 Å². The Morgan fingerprint density at radius 2 is 1.86 bits per heavy atom. The monoisotopic (exact) mass is 495 g/mol. The van der Waals surface area contributed by atoms with Crippen molar-refractivity contribution in [1.29, 1.82) is 0 Å². The molecule has 8 heteroatoms. The van der Waals surface area contributed by atoms with Gasteiger partial charge in [-0.1, -0.05) is 44.2 Å². The van der Waals surface area contributed by atoms with Crippen LogP contribution in [0.2, 0.25) is 0 Å². The largest absolute Gasteiger partial charge is 0.378 e. The molecule has 2 aliphatic rings. The SMILES string of the molecule is Cc1cc(S(=O)(=O)CC(N)=O)cc2c1N1CCOC1(C=CC=Cc1ccc(N(C)C)cc1)C2(C)C. The van der Waals surface area contributed by atoms with Gasteiger partial charge in [-0.15, -0.1) is 0 Å². The molecule has 1 unspecified atom stereocenters. The Balaban J connectivity index is 1.68. The van der Waals surface area contributed by atoms with E-state index in [1.807, 2.05) is 39.2 Å². The lowest BCUT2D eigenvalue weighted by atomic mass is 9.77. The molecule has 186 valence electrons. The summed E-state index contributed by atoms with van der Waals surface area (Å²) in [4.78, 5) is 15.7. The first-order chi connectivity index (χ1) is 16.4. The molecule has 1 fully saturated rings. The smallest absolute Gasteiger partial charge is 0.233 e. The highest BCUT2D eigenvalue weighted by molar-refractivity contribution is 7.92. The Kier molecular flexibility index (Phi) is 6.32. The van der Waals surface area contributed by atoms with Crippen molar-refractivity contribution in [3.05, 3.63) is 71.3 Å². The van der Waals surface area contributed by atoms with Gasteiger partial charge in [0.15, 0.2) is 15.6 Å². The zero-order valence-electron chi connectivity index (χ0n) is 20.9. The van der Waals surface area contributed by atoms with Crippen LogP contribution in [0.3, 0.4) is 0 Å². The van der Waals surface area contributed by atoms with Crippen molar-refractivity contribution in [2.45, 2.75) is 36.8 Å². The first kappa shape index (κ1) is 25.0. The molecule has 0 bridgehead atoms. The van der Waals surface area contributed by atoms with Gasteiger partial charge in [0.05, 0.1) is 11.5 Å². The number of carbonyl (C=O) groups excluding carboxylic acids is 1. The summed E-state index contributed by atoms with van der Waals surface area (Å²) >= 11 is 0. The van der Waals surface area contributed by atoms with Crippen molar-refractivity contribution in [2.75, 3.05) is 42.8 Å². The van der Waals surface area contributed by atoms with Crippen molar-refractivity contribution >= 4 is 33.2 Å². The summed E-state index contributed by atoms with van der Waals surface area (Å²) in [6.45, 7) is 7.30. The minimum absolute atomic E-state index is 0.113. The number of ether oxygens (including phenoxy) is 1. The number of sulfone groups is 1. The van der Waals surface area contributed by atoms with Crippen LogP contribution in [0, 0.1) is 6.92 Å². The van der Waals surface area contributed by atoms with Crippen molar-refractivity contribution in [3.8, 4) is 0 Å². The maximum atomic E-state index is 12.8. The molecule has 2 aliphatic heterocycles. The van der Waals surface area contributed by atoms with Gasteiger partial charge in [-0.2, -0.15) is 0 Å². The molecular weight excluding hydrogens is 462 g/mol. The zero-order valence-corrected chi connectivity index (χ0v) is 21.7. The third-order valence-corrected chi connectivity index (χ3v) is 8.59. The highest BCUT2D eigenvalue weighted by Crippen LogP contribution is 2.56. The second kappa shape index (κ2) is 8.84. The Morgan fingerprint density at radius 3 is 2.49 bits per heavy atom. The topological polar surface area (TPSA) is 92.9 Å². The summed E-state index contributed by atoms with van der Waals surface area (Å²) < 4.78 is 31.9. The minimum Gasteiger partial charge on any atom is -0.378 e. The van der Waals surface area contributed by atoms with Crippen molar-refractivity contribution in [2.24, 2.45) is 5.73 Å². The average Bonchev–Trinajstić information content (AvgIpc) is 3.27. The number of carbonyl (C=O) groups is 1. The van der Waals surface area contributed by atoms with E-state index in [2.05, 4.69) is 54.0 Å². The quantitative estimate of drug-likeness (QED) is 0.592. The highest BCUT2D eigenvalue weighted by atomic mass is 32.2. The lowest BCUT2D eigenvalue weighted by Crippen LogP contribution is -2.51. The number of hydrogen-bond acceptors (Lipinski definition) is 6. The van der Waals surface area contributed by atoms with Gasteiger partial charge < -0.3 is 20.3 Å². The van der Waals surface area contributed by atoms with Crippen LogP contribution in [0.4, 0.5) is 11.4 Å². The van der Waals surface area contributed by atoms with E-state index in [0.717, 1.165) is 28.1 Å². The normalized spacial score (nSPS) is 21.0. The number of nitrogens with zero attached hydrogens (tertiary/aromatic N) is 2. The molecule has 2 heterocycles. The van der Waals surface area contributed by atoms with E-state index < -0.39 is 32.6 Å². The number of benzene rings is 2. The predicted octanol–water partition coefficient (Wildman–Crippen LogP) is 3.41. The number of rotatable bonds is 7. The Morgan fingerprint density at radius 1 is 1.17 bits per heavy atom. The van der Waals surface area contributed by atoms with Crippen LogP contribution in [0.25, 0.3) is 6.08 Å². The van der Waals surface area contributed by atoms with Crippen molar-refractivity contribution < 1.29 is 17.9 Å². The molecule has 1 saturated heterocycles. The lowest BCUT2D eigenvalue weighted by Gasteiger charge is -2.39. The molecule has 1 amide bonds. The molecule has 0 spiro atoms. The van der Waals surface area contributed by atoms with E-state index in [9.17, 15) is 13.2 Å². The minimum atomic E-state index is -3.82. The fourth-order valence-electron chi connectivity index (χ4n) is 5.14. The molecule has 7 nitrogen and oxygen atoms in total. The first-order valence-electron chi connectivity index (χ1n) is 11.6. The number of hydrogen-bond donors (Lipinski definition) is 1. The Labute approximate surface area is 207 Å². The van der Waals surface area contributed by atoms with E-state index in [0.29, 0.717) is 13.2 Å². The van der Waals surface area contributed by atoms with Crippen LogP contribution < -0.4 is 15.5 Å². The van der Waals surface area contributed by atoms with E-state index in [1.54, 1.807) is 12.1 Å². The number of allylic oxidation sites excluding steroid dienone is 2. The number of amides is 1. The zero-order chi connectivity index (χ0) is 25.6. The summed E-state index contributed by atoms with van der Waals surface area (Å²) in [5.41, 5.74) is 8.83. The molecule has 2 aromatic rings. The molecule has 2 N–H and O–H groups in total. The van der Waals surface area contributed by atoms with Crippen LogP contribution in [0.5, 0.6) is 0 Å². The van der Waals surface area contributed by atoms with E-state index >= 15 is 0 Å². The number of primary amides is 1. The summed E-state index contributed by atoms with van der Waals surface area (Å²) in [6.07, 6.45) is 8.09. The van der Waals surface area contributed by atoms with Crippen LogP contribution in [-0.4, -0.2) is 53.0 Å². The molecule has 0 radical (unpaired) electrons. The van der Waals surface area contributed by atoms with Gasteiger partial charge in [0.2, 0.25) is 5.91 Å². The summed E-state index contributed by atoms with van der Waals surface area (Å²) in [6, 6.07) is 11.6. The van der Waals surface area contributed by atoms with Crippen LogP contribution in [0.15, 0.2) is 59.5 Å². The van der Waals surface area contributed by atoms with Gasteiger partial charge in [-0.25, -0.2) is 8.42 Å². The van der Waals surface area contributed by atoms with Crippen LogP contribution >= 0.6 is 0 Å². The van der Waals surface area contributed by atoms with Crippen LogP contribution in [0.1, 0.15) is 30.5 Å². The van der Waals surface area contributed by atoms with Crippen molar-refractivity contribution in [1.82, 2.24) is 0 Å². The maximum absolute atomic E-state index is 12.8. The molecule has 35 heavy (non-hydrogen) atoms. The van der Waals surface area contributed by atoms with Gasteiger partial charge in [0, 0.05) is 37.4 Å². The third-order valence-electron chi connectivity index (χ3n) is 6.97. The fourth-order valence-corrected chi connectivity index (χ4v) is 6.33. The lowest BCUT2D eigenvalue weighted by molar-refractivity contribution is -0.115. The van der Waals surface area contributed by atoms with E-state index in [1.165, 1.54) is 0 Å². The van der Waals surface area contributed by atoms with Gasteiger partial charge >= 0.3 is 0 Å². The predicted molar refractivity (Wildman–Crippen MR) is 140 cm³/mol. The second-order valence-corrected chi connectivity index (χ2v) is 11.9. The summed E-state index contributed by atoms with van der Waals surface area (Å²) in [7, 11) is 0.203. The van der Waals surface area contributed by atoms with Gasteiger partial charge in [-0.3, -0.25) is 4.79 Å². The molecular formula is C27H33N3O4S. The first-order valence-corrected chi connectivity index (χ1v) is 13.3. The average molecular weight is 496 g/mol. The molecule has 0 aliphatic carbocycles. The number of aryl methyl sites for hydroxylation is 1. The number of anilines is 2.